The van der Waals surface area contributed by atoms with Gasteiger partial charge in [-0.2, -0.15) is 0 Å². The van der Waals surface area contributed by atoms with E-state index < -0.39 is 5.91 Å². The number of thiazole rings is 1. The minimum absolute atomic E-state index is 0.123. The molecule has 0 aliphatic rings. The molecule has 1 aromatic carbocycles. The van der Waals surface area contributed by atoms with E-state index in [0.717, 1.165) is 22.7 Å². The topological polar surface area (TPSA) is 103 Å². The van der Waals surface area contributed by atoms with Gasteiger partial charge in [0.2, 0.25) is 5.91 Å². The molecule has 0 aliphatic carbocycles. The van der Waals surface area contributed by atoms with Crippen LogP contribution in [-0.2, 0) is 24.1 Å². The van der Waals surface area contributed by atoms with E-state index in [1.165, 1.54) is 23.5 Å². The average molecular weight is 308 g/mol. The van der Waals surface area contributed by atoms with E-state index in [-0.39, 0.29) is 17.9 Å². The number of nitrogens with zero attached hydrogens (tertiary/aromatic N) is 1. The molecule has 1 aromatic heterocycles. The highest BCUT2D eigenvalue weighted by Crippen LogP contribution is 2.25. The molecule has 6 nitrogen and oxygen atoms in total. The van der Waals surface area contributed by atoms with Crippen molar-refractivity contribution in [1.29, 1.82) is 0 Å². The number of nitrogens with one attached hydrogen (secondary N) is 1. The molecule has 2 rings (SSSR count). The van der Waals surface area contributed by atoms with Crippen molar-refractivity contribution in [2.75, 3.05) is 0 Å². The molecule has 0 saturated carbocycles. The summed E-state index contributed by atoms with van der Waals surface area (Å²) in [5.41, 5.74) is 3.34. The van der Waals surface area contributed by atoms with Gasteiger partial charge in [0, 0.05) is 18.2 Å². The van der Waals surface area contributed by atoms with Crippen molar-refractivity contribution >= 4 is 17.2 Å². The van der Waals surface area contributed by atoms with Crippen LogP contribution in [-0.4, -0.2) is 26.3 Å². The third-order valence-corrected chi connectivity index (χ3v) is 3.96. The Hall–Kier alpha value is -2.12. The highest BCUT2D eigenvalue weighted by molar-refractivity contribution is 7.09. The van der Waals surface area contributed by atoms with Crippen LogP contribution in [0.5, 0.6) is 11.5 Å². The maximum atomic E-state index is 10.9. The number of benzene rings is 1. The molecule has 1 amide bonds. The first kappa shape index (κ1) is 15.3. The number of carbonyl (C=O) groups excluding carboxylic acids is 1. The van der Waals surface area contributed by atoms with Crippen LogP contribution in [0.1, 0.15) is 22.7 Å². The molecule has 0 radical (unpaired) electrons. The molecule has 1 heterocycles. The van der Waals surface area contributed by atoms with Crippen molar-refractivity contribution in [2.24, 2.45) is 0 Å². The average Bonchev–Trinajstić information content (AvgIpc) is 2.94. The highest BCUT2D eigenvalue weighted by Gasteiger charge is 2.06. The van der Waals surface area contributed by atoms with E-state index >= 15 is 0 Å². The van der Waals surface area contributed by atoms with Crippen LogP contribution in [0.3, 0.4) is 0 Å². The van der Waals surface area contributed by atoms with Crippen LogP contribution >= 0.6 is 11.3 Å². The first-order chi connectivity index (χ1) is 10.1. The standard InChI is InChI=1S/C14H16N2O4S/c17-11-4-1-9(7-12(11)18)2-6-14-15-10(8-21-14)3-5-13(19)16-20/h1,4,7-8,17-18,20H,2-3,5-6H2,(H,16,19). The number of carbonyl (C=O) groups is 1. The van der Waals surface area contributed by atoms with Gasteiger partial charge in [0.1, 0.15) is 0 Å². The maximum Gasteiger partial charge on any atom is 0.243 e. The molecule has 2 aromatic rings. The van der Waals surface area contributed by atoms with Crippen LogP contribution in [0, 0.1) is 0 Å². The lowest BCUT2D eigenvalue weighted by Crippen LogP contribution is -2.18. The Morgan fingerprint density at radius 1 is 1.19 bits per heavy atom. The summed E-state index contributed by atoms with van der Waals surface area (Å²) in [7, 11) is 0. The fraction of sp³-hybridized carbons (Fsp3) is 0.286. The second-order valence-electron chi connectivity index (χ2n) is 4.59. The number of aromatic nitrogens is 1. The van der Waals surface area contributed by atoms with Crippen molar-refractivity contribution in [2.45, 2.75) is 25.7 Å². The molecule has 0 aliphatic heterocycles. The van der Waals surface area contributed by atoms with E-state index in [0.29, 0.717) is 12.8 Å². The van der Waals surface area contributed by atoms with E-state index in [1.54, 1.807) is 11.5 Å². The molecule has 4 N–H and O–H groups in total. The van der Waals surface area contributed by atoms with Gasteiger partial charge in [0.15, 0.2) is 11.5 Å². The lowest BCUT2D eigenvalue weighted by atomic mass is 10.1. The Bertz CT molecular complexity index is 627. The van der Waals surface area contributed by atoms with Gasteiger partial charge >= 0.3 is 0 Å². The minimum atomic E-state index is -0.427. The zero-order valence-electron chi connectivity index (χ0n) is 11.2. The third-order valence-electron chi connectivity index (χ3n) is 3.00. The van der Waals surface area contributed by atoms with Crippen molar-refractivity contribution in [3.05, 3.63) is 39.8 Å². The van der Waals surface area contributed by atoms with Gasteiger partial charge < -0.3 is 10.2 Å². The number of phenols is 2. The Morgan fingerprint density at radius 3 is 2.71 bits per heavy atom. The van der Waals surface area contributed by atoms with Gasteiger partial charge in [0.05, 0.1) is 10.7 Å². The summed E-state index contributed by atoms with van der Waals surface area (Å²) in [4.78, 5) is 15.3. The smallest absolute Gasteiger partial charge is 0.243 e. The molecule has 21 heavy (non-hydrogen) atoms. The molecule has 112 valence electrons. The fourth-order valence-corrected chi connectivity index (χ4v) is 2.68. The summed E-state index contributed by atoms with van der Waals surface area (Å²) < 4.78 is 0. The van der Waals surface area contributed by atoms with Gasteiger partial charge in [-0.3, -0.25) is 10.0 Å². The first-order valence-electron chi connectivity index (χ1n) is 6.45. The van der Waals surface area contributed by atoms with Crippen molar-refractivity contribution < 1.29 is 20.2 Å². The van der Waals surface area contributed by atoms with Crippen molar-refractivity contribution in [3.8, 4) is 11.5 Å². The largest absolute Gasteiger partial charge is 0.504 e. The molecule has 0 saturated heterocycles. The van der Waals surface area contributed by atoms with Gasteiger partial charge in [-0.1, -0.05) is 6.07 Å². The fourth-order valence-electron chi connectivity index (χ4n) is 1.85. The number of phenolic OH excluding ortho intramolecular Hbond substituents is 2. The van der Waals surface area contributed by atoms with Gasteiger partial charge in [-0.15, -0.1) is 11.3 Å². The minimum Gasteiger partial charge on any atom is -0.504 e. The third kappa shape index (κ3) is 4.44. The monoisotopic (exact) mass is 308 g/mol. The molecule has 7 heteroatoms. The van der Waals surface area contributed by atoms with E-state index in [4.69, 9.17) is 5.21 Å². The molecular formula is C14H16N2O4S. The zero-order valence-corrected chi connectivity index (χ0v) is 12.1. The van der Waals surface area contributed by atoms with Gasteiger partial charge in [-0.05, 0) is 30.5 Å². The Morgan fingerprint density at radius 2 is 2.00 bits per heavy atom. The first-order valence-corrected chi connectivity index (χ1v) is 7.33. The molecule has 0 atom stereocenters. The molecule has 0 bridgehead atoms. The number of aryl methyl sites for hydroxylation is 3. The maximum absolute atomic E-state index is 10.9. The van der Waals surface area contributed by atoms with Crippen LogP contribution < -0.4 is 5.48 Å². The van der Waals surface area contributed by atoms with Gasteiger partial charge in [0.25, 0.3) is 0 Å². The number of amides is 1. The van der Waals surface area contributed by atoms with Crippen LogP contribution in [0.15, 0.2) is 23.6 Å². The number of hydrogen-bond donors (Lipinski definition) is 4. The van der Waals surface area contributed by atoms with E-state index in [9.17, 15) is 15.0 Å². The number of aromatic hydroxyl groups is 2. The molecular weight excluding hydrogens is 292 g/mol. The number of hydroxylamine groups is 1. The predicted molar refractivity (Wildman–Crippen MR) is 77.5 cm³/mol. The second kappa shape index (κ2) is 7.05. The van der Waals surface area contributed by atoms with Crippen molar-refractivity contribution in [1.82, 2.24) is 10.5 Å². The number of hydrogen-bond acceptors (Lipinski definition) is 6. The molecule has 0 unspecified atom stereocenters. The SMILES string of the molecule is O=C(CCc1csc(CCc2ccc(O)c(O)c2)n1)NO. The molecule has 0 fully saturated rings. The second-order valence-corrected chi connectivity index (χ2v) is 5.53. The lowest BCUT2D eigenvalue weighted by Gasteiger charge is -2.02. The Balaban J connectivity index is 1.87. The highest BCUT2D eigenvalue weighted by atomic mass is 32.1. The quantitative estimate of drug-likeness (QED) is 0.370. The summed E-state index contributed by atoms with van der Waals surface area (Å²) in [5, 5.41) is 29.9. The number of rotatable bonds is 6. The Labute approximate surface area is 125 Å². The predicted octanol–water partition coefficient (Wildman–Crippen LogP) is 1.78. The van der Waals surface area contributed by atoms with E-state index in [2.05, 4.69) is 4.98 Å². The summed E-state index contributed by atoms with van der Waals surface area (Å²) in [6.07, 6.45) is 2.12. The summed E-state index contributed by atoms with van der Waals surface area (Å²) >= 11 is 1.52. The van der Waals surface area contributed by atoms with Crippen LogP contribution in [0.4, 0.5) is 0 Å². The molecule has 0 spiro atoms. The van der Waals surface area contributed by atoms with Crippen LogP contribution in [0.2, 0.25) is 0 Å². The normalized spacial score (nSPS) is 10.5. The summed E-state index contributed by atoms with van der Waals surface area (Å²) in [5.74, 6) is -0.677. The summed E-state index contributed by atoms with van der Waals surface area (Å²) in [6.45, 7) is 0. The van der Waals surface area contributed by atoms with Gasteiger partial charge in [-0.25, -0.2) is 10.5 Å². The lowest BCUT2D eigenvalue weighted by molar-refractivity contribution is -0.129. The van der Waals surface area contributed by atoms with E-state index in [1.807, 2.05) is 5.38 Å². The van der Waals surface area contributed by atoms with Crippen molar-refractivity contribution in [3.63, 3.8) is 0 Å². The zero-order chi connectivity index (χ0) is 15.2. The summed E-state index contributed by atoms with van der Waals surface area (Å²) in [6, 6.07) is 4.76. The van der Waals surface area contributed by atoms with Crippen LogP contribution in [0.25, 0.3) is 0 Å². The Kier molecular flexibility index (Phi) is 5.13.